The van der Waals surface area contributed by atoms with Crippen molar-refractivity contribution in [3.8, 4) is 22.6 Å². The summed E-state index contributed by atoms with van der Waals surface area (Å²) in [7, 11) is 0. The maximum Gasteiger partial charge on any atom is 0.299 e. The molecule has 3 heterocycles. The van der Waals surface area contributed by atoms with Crippen molar-refractivity contribution in [1.29, 1.82) is 0 Å². The number of oxazole rings is 1. The number of fused-ring (bicyclic) bond motifs is 1. The molecule has 5 rings (SSSR count). The molecule has 4 aromatic rings. The standard InChI is InChI=1S/C29H33FN4O4/c1-3-36-25-15-19(16-26(37-4-2)27(25)20-5-7-21(30)8-6-20)17-34(22-9-12-31-13-10-22)29-33-23-11-14-32-24(18-35)28(23)38-29/h5-8,11,14-16,22,31,35H,3-4,9-10,12-13,17-18H2,1-2H3. The number of hydrogen-bond donors (Lipinski definition) is 2. The maximum atomic E-state index is 13.7. The zero-order chi connectivity index (χ0) is 26.5. The molecule has 0 bridgehead atoms. The monoisotopic (exact) mass is 520 g/mol. The van der Waals surface area contributed by atoms with Gasteiger partial charge in [-0.3, -0.25) is 4.98 Å². The third-order valence-electron chi connectivity index (χ3n) is 6.72. The highest BCUT2D eigenvalue weighted by Crippen LogP contribution is 2.41. The molecular weight excluding hydrogens is 487 g/mol. The van der Waals surface area contributed by atoms with Crippen molar-refractivity contribution >= 4 is 17.1 Å². The van der Waals surface area contributed by atoms with E-state index in [-0.39, 0.29) is 18.5 Å². The van der Waals surface area contributed by atoms with Crippen molar-refractivity contribution in [2.45, 2.75) is 45.9 Å². The SMILES string of the molecule is CCOc1cc(CN(c2nc3ccnc(CO)c3o2)C2CCNCC2)cc(OCC)c1-c1ccc(F)cc1. The van der Waals surface area contributed by atoms with Gasteiger partial charge in [-0.2, -0.15) is 4.98 Å². The fourth-order valence-electron chi connectivity index (χ4n) is 4.98. The third kappa shape index (κ3) is 5.44. The van der Waals surface area contributed by atoms with E-state index in [1.807, 2.05) is 26.0 Å². The Bertz CT molecular complexity index is 1340. The summed E-state index contributed by atoms with van der Waals surface area (Å²) < 4.78 is 32.0. The Hall–Kier alpha value is -3.69. The largest absolute Gasteiger partial charge is 0.493 e. The van der Waals surface area contributed by atoms with E-state index in [0.717, 1.165) is 42.6 Å². The second-order valence-electron chi connectivity index (χ2n) is 9.21. The lowest BCUT2D eigenvalue weighted by molar-refractivity contribution is 0.276. The Morgan fingerprint density at radius 1 is 1.05 bits per heavy atom. The van der Waals surface area contributed by atoms with Gasteiger partial charge in [-0.25, -0.2) is 4.39 Å². The minimum Gasteiger partial charge on any atom is -0.493 e. The maximum absolute atomic E-state index is 13.7. The van der Waals surface area contributed by atoms with E-state index in [2.05, 4.69) is 15.2 Å². The molecule has 2 N–H and O–H groups in total. The molecule has 2 aromatic carbocycles. The highest BCUT2D eigenvalue weighted by Gasteiger charge is 2.27. The molecule has 0 saturated carbocycles. The second kappa shape index (κ2) is 11.8. The van der Waals surface area contributed by atoms with E-state index in [0.29, 0.717) is 54.1 Å². The number of aliphatic hydroxyl groups excluding tert-OH is 1. The van der Waals surface area contributed by atoms with Crippen LogP contribution in [0, 0.1) is 5.82 Å². The fraction of sp³-hybridized carbons (Fsp3) is 0.379. The van der Waals surface area contributed by atoms with Gasteiger partial charge in [0.05, 0.1) is 25.4 Å². The molecule has 0 unspecified atom stereocenters. The van der Waals surface area contributed by atoms with Gasteiger partial charge >= 0.3 is 0 Å². The number of hydrogen-bond acceptors (Lipinski definition) is 8. The van der Waals surface area contributed by atoms with E-state index in [4.69, 9.17) is 18.9 Å². The predicted octanol–water partition coefficient (Wildman–Crippen LogP) is 5.08. The van der Waals surface area contributed by atoms with Crippen molar-refractivity contribution in [2.75, 3.05) is 31.2 Å². The van der Waals surface area contributed by atoms with Crippen molar-refractivity contribution in [2.24, 2.45) is 0 Å². The first-order chi connectivity index (χ1) is 18.6. The van der Waals surface area contributed by atoms with Crippen molar-refractivity contribution in [3.05, 3.63) is 65.7 Å². The fourth-order valence-corrected chi connectivity index (χ4v) is 4.98. The normalized spacial score (nSPS) is 14.1. The number of nitrogens with zero attached hydrogens (tertiary/aromatic N) is 3. The van der Waals surface area contributed by atoms with E-state index < -0.39 is 0 Å². The average Bonchev–Trinajstić information content (AvgIpc) is 3.37. The van der Waals surface area contributed by atoms with Gasteiger partial charge in [-0.1, -0.05) is 12.1 Å². The summed E-state index contributed by atoms with van der Waals surface area (Å²) >= 11 is 0. The van der Waals surface area contributed by atoms with Gasteiger partial charge in [0.25, 0.3) is 6.01 Å². The second-order valence-corrected chi connectivity index (χ2v) is 9.21. The number of nitrogens with one attached hydrogen (secondary N) is 1. The number of ether oxygens (including phenoxy) is 2. The number of aliphatic hydroxyl groups is 1. The zero-order valence-corrected chi connectivity index (χ0v) is 21.7. The van der Waals surface area contributed by atoms with Crippen LogP contribution in [-0.2, 0) is 13.2 Å². The quantitative estimate of drug-likeness (QED) is 0.299. The molecule has 2 aromatic heterocycles. The van der Waals surface area contributed by atoms with Gasteiger partial charge in [0.15, 0.2) is 5.58 Å². The van der Waals surface area contributed by atoms with E-state index >= 15 is 0 Å². The van der Waals surface area contributed by atoms with Crippen molar-refractivity contribution < 1.29 is 23.4 Å². The van der Waals surface area contributed by atoms with Gasteiger partial charge < -0.3 is 29.2 Å². The molecule has 0 aliphatic carbocycles. The summed E-state index contributed by atoms with van der Waals surface area (Å²) in [5, 5.41) is 13.2. The Morgan fingerprint density at radius 2 is 1.74 bits per heavy atom. The first kappa shape index (κ1) is 25.9. The van der Waals surface area contributed by atoms with Crippen LogP contribution in [-0.4, -0.2) is 47.4 Å². The first-order valence-electron chi connectivity index (χ1n) is 13.1. The van der Waals surface area contributed by atoms with Crippen molar-refractivity contribution in [3.63, 3.8) is 0 Å². The molecule has 8 nitrogen and oxygen atoms in total. The molecule has 9 heteroatoms. The summed E-state index contributed by atoms with van der Waals surface area (Å²) in [5.74, 6) is 1.06. The summed E-state index contributed by atoms with van der Waals surface area (Å²) in [6, 6.07) is 12.9. The van der Waals surface area contributed by atoms with Crippen molar-refractivity contribution in [1.82, 2.24) is 15.3 Å². The van der Waals surface area contributed by atoms with Crippen LogP contribution in [0.1, 0.15) is 37.9 Å². The molecule has 1 saturated heterocycles. The number of aromatic nitrogens is 2. The Morgan fingerprint density at radius 3 is 2.37 bits per heavy atom. The predicted molar refractivity (Wildman–Crippen MR) is 144 cm³/mol. The summed E-state index contributed by atoms with van der Waals surface area (Å²) in [4.78, 5) is 11.2. The summed E-state index contributed by atoms with van der Waals surface area (Å²) in [5.41, 5.74) is 4.22. The van der Waals surface area contributed by atoms with Gasteiger partial charge in [-0.15, -0.1) is 0 Å². The highest BCUT2D eigenvalue weighted by atomic mass is 19.1. The molecule has 0 atom stereocenters. The van der Waals surface area contributed by atoms with Gasteiger partial charge in [0.1, 0.15) is 28.5 Å². The van der Waals surface area contributed by atoms with Crippen LogP contribution >= 0.6 is 0 Å². The molecule has 38 heavy (non-hydrogen) atoms. The molecule has 0 amide bonds. The first-order valence-corrected chi connectivity index (χ1v) is 13.1. The van der Waals surface area contributed by atoms with Gasteiger partial charge in [0.2, 0.25) is 0 Å². The molecule has 200 valence electrons. The van der Waals surface area contributed by atoms with Gasteiger partial charge in [-0.05, 0) is 81.2 Å². The average molecular weight is 521 g/mol. The Labute approximate surface area is 221 Å². The van der Waals surface area contributed by atoms with Crippen LogP contribution in [0.5, 0.6) is 11.5 Å². The minimum absolute atomic E-state index is 0.206. The molecular formula is C29H33FN4O4. The Balaban J connectivity index is 1.58. The lowest BCUT2D eigenvalue weighted by Crippen LogP contribution is -2.43. The smallest absolute Gasteiger partial charge is 0.299 e. The minimum atomic E-state index is -0.295. The zero-order valence-electron chi connectivity index (χ0n) is 21.7. The molecule has 1 aliphatic rings. The highest BCUT2D eigenvalue weighted by molar-refractivity contribution is 5.78. The number of rotatable bonds is 10. The Kier molecular flexibility index (Phi) is 8.05. The molecule has 0 spiro atoms. The van der Waals surface area contributed by atoms with Crippen LogP contribution in [0.25, 0.3) is 22.2 Å². The topological polar surface area (TPSA) is 92.9 Å². The van der Waals surface area contributed by atoms with Crippen LogP contribution < -0.4 is 19.7 Å². The number of piperidine rings is 1. The van der Waals surface area contributed by atoms with E-state index in [1.165, 1.54) is 12.1 Å². The lowest BCUT2D eigenvalue weighted by Gasteiger charge is -2.34. The van der Waals surface area contributed by atoms with E-state index in [1.54, 1.807) is 24.4 Å². The van der Waals surface area contributed by atoms with E-state index in [9.17, 15) is 9.50 Å². The molecule has 1 aliphatic heterocycles. The number of benzene rings is 2. The van der Waals surface area contributed by atoms with Gasteiger partial charge in [0, 0.05) is 18.8 Å². The summed E-state index contributed by atoms with van der Waals surface area (Å²) in [6.45, 7) is 6.93. The lowest BCUT2D eigenvalue weighted by atomic mass is 9.99. The number of anilines is 1. The van der Waals surface area contributed by atoms with Crippen LogP contribution in [0.4, 0.5) is 10.4 Å². The molecule has 1 fully saturated rings. The van der Waals surface area contributed by atoms with Crippen LogP contribution in [0.3, 0.4) is 0 Å². The number of pyridine rings is 1. The number of halogens is 1. The van der Waals surface area contributed by atoms with Crippen LogP contribution in [0.2, 0.25) is 0 Å². The van der Waals surface area contributed by atoms with Crippen LogP contribution in [0.15, 0.2) is 53.1 Å². The molecule has 0 radical (unpaired) electrons. The third-order valence-corrected chi connectivity index (χ3v) is 6.72. The summed E-state index contributed by atoms with van der Waals surface area (Å²) in [6.07, 6.45) is 3.51.